The van der Waals surface area contributed by atoms with Gasteiger partial charge in [-0.15, -0.1) is 0 Å². The molecule has 1 atom stereocenters. The summed E-state index contributed by atoms with van der Waals surface area (Å²) in [6.07, 6.45) is 10.8. The molecule has 9 heteroatoms. The van der Waals surface area contributed by atoms with E-state index in [1.54, 1.807) is 18.2 Å². The molecular weight excluding hydrogens is 546 g/mol. The zero-order valence-corrected chi connectivity index (χ0v) is 29.2. The number of carbonyl (C=O) groups is 1. The van der Waals surface area contributed by atoms with E-state index < -0.39 is 10.0 Å². The number of nitrogens with zero attached hydrogens (tertiary/aromatic N) is 4. The number of aromatic nitrogens is 3. The van der Waals surface area contributed by atoms with E-state index in [-0.39, 0.29) is 5.78 Å². The topological polar surface area (TPSA) is 96.7 Å². The highest BCUT2D eigenvalue weighted by molar-refractivity contribution is 7.92. The number of hydrogen-bond donors (Lipinski definition) is 1. The second-order valence-electron chi connectivity index (χ2n) is 10.6. The minimum Gasteiger partial charge on any atom is -0.298 e. The standard InChI is InChI=1S/C14H20N4.C10H13NO3S.C4H10.C3H8.C2H6/c1-10-9-18-14(15-11(10)2)8-12(16-18)13-6-4-5-7-17(13)3;1-7-4-5-10(11-15(3,13)14)9(6-7)8(2)12;1-3-4-2;1-3-2;1-2/h8-9,13H,4-7H2,1-3H3;4-6,11H,1-3H3;3-4H2,1-2H3;3H2,1-2H3;1-2H3/t13-;;;;/m0..../s1. The van der Waals surface area contributed by atoms with Gasteiger partial charge >= 0.3 is 0 Å². The lowest BCUT2D eigenvalue weighted by Crippen LogP contribution is -2.29. The number of fused-ring (bicyclic) bond motifs is 1. The maximum Gasteiger partial charge on any atom is 0.229 e. The summed E-state index contributed by atoms with van der Waals surface area (Å²) < 4.78 is 26.3. The molecule has 1 N–H and O–H groups in total. The largest absolute Gasteiger partial charge is 0.298 e. The minimum absolute atomic E-state index is 0.162. The number of piperidine rings is 1. The van der Waals surface area contributed by atoms with Crippen molar-refractivity contribution in [1.82, 2.24) is 19.5 Å². The van der Waals surface area contributed by atoms with Gasteiger partial charge in [0.2, 0.25) is 10.0 Å². The lowest BCUT2D eigenvalue weighted by Gasteiger charge is -2.30. The summed E-state index contributed by atoms with van der Waals surface area (Å²) in [7, 11) is -1.16. The summed E-state index contributed by atoms with van der Waals surface area (Å²) in [6, 6.07) is 7.60. The van der Waals surface area contributed by atoms with Gasteiger partial charge in [0.1, 0.15) is 0 Å². The molecule has 2 aromatic heterocycles. The van der Waals surface area contributed by atoms with Crippen LogP contribution in [0.15, 0.2) is 30.5 Å². The summed E-state index contributed by atoms with van der Waals surface area (Å²) in [5.41, 5.74) is 6.04. The van der Waals surface area contributed by atoms with Crippen molar-refractivity contribution in [3.05, 3.63) is 58.5 Å². The van der Waals surface area contributed by atoms with Crippen LogP contribution in [0.25, 0.3) is 5.65 Å². The van der Waals surface area contributed by atoms with E-state index in [1.807, 2.05) is 25.3 Å². The van der Waals surface area contributed by atoms with Crippen molar-refractivity contribution in [1.29, 1.82) is 0 Å². The molecule has 1 aromatic carbocycles. The number of aryl methyl sites for hydroxylation is 3. The van der Waals surface area contributed by atoms with Crippen molar-refractivity contribution in [2.45, 2.75) is 114 Å². The molecule has 3 heterocycles. The fourth-order valence-corrected chi connectivity index (χ4v) is 4.55. The van der Waals surface area contributed by atoms with Crippen LogP contribution in [0.1, 0.15) is 126 Å². The van der Waals surface area contributed by atoms with Crippen LogP contribution < -0.4 is 4.72 Å². The SMILES string of the molecule is CC.CC(=O)c1cc(C)ccc1NS(C)(=O)=O.CCC.CCCC.Cc1cn2nc([C@@H]3CCCCN3C)cc2nc1C. The van der Waals surface area contributed by atoms with Gasteiger partial charge in [-0.3, -0.25) is 14.4 Å². The summed E-state index contributed by atoms with van der Waals surface area (Å²) in [5.74, 6) is -0.162. The van der Waals surface area contributed by atoms with Gasteiger partial charge in [-0.05, 0) is 71.8 Å². The fraction of sp³-hybridized carbons (Fsp3) is 0.606. The first-order valence-corrected chi connectivity index (χ1v) is 17.3. The van der Waals surface area contributed by atoms with E-state index in [0.29, 0.717) is 17.3 Å². The molecule has 4 rings (SSSR count). The lowest BCUT2D eigenvalue weighted by atomic mass is 10.0. The van der Waals surface area contributed by atoms with Crippen LogP contribution in [-0.2, 0) is 10.0 Å². The predicted molar refractivity (Wildman–Crippen MR) is 179 cm³/mol. The Balaban J connectivity index is 0.000000633. The first kappa shape index (κ1) is 39.2. The number of nitrogens with one attached hydrogen (secondary N) is 1. The second-order valence-corrected chi connectivity index (χ2v) is 12.3. The molecule has 1 aliphatic heterocycles. The summed E-state index contributed by atoms with van der Waals surface area (Å²) in [5, 5.41) is 4.70. The van der Waals surface area contributed by atoms with Crippen molar-refractivity contribution in [2.75, 3.05) is 24.6 Å². The molecule has 0 bridgehead atoms. The van der Waals surface area contributed by atoms with Crippen molar-refractivity contribution in [3.63, 3.8) is 0 Å². The highest BCUT2D eigenvalue weighted by Crippen LogP contribution is 2.29. The van der Waals surface area contributed by atoms with Crippen LogP contribution in [0.2, 0.25) is 0 Å². The van der Waals surface area contributed by atoms with E-state index in [4.69, 9.17) is 5.10 Å². The van der Waals surface area contributed by atoms with Gasteiger partial charge in [0.15, 0.2) is 11.4 Å². The molecule has 238 valence electrons. The Kier molecular flexibility index (Phi) is 18.8. The molecule has 0 saturated carbocycles. The smallest absolute Gasteiger partial charge is 0.229 e. The second kappa shape index (κ2) is 20.2. The summed E-state index contributed by atoms with van der Waals surface area (Å²) in [6.45, 7) is 21.2. The Hall–Kier alpha value is -2.78. The Morgan fingerprint density at radius 3 is 2.12 bits per heavy atom. The molecule has 3 aromatic rings. The maximum absolute atomic E-state index is 11.3. The van der Waals surface area contributed by atoms with Crippen LogP contribution in [-0.4, -0.2) is 53.5 Å². The van der Waals surface area contributed by atoms with Crippen LogP contribution in [0.3, 0.4) is 0 Å². The highest BCUT2D eigenvalue weighted by atomic mass is 32.2. The van der Waals surface area contributed by atoms with Gasteiger partial charge in [0.25, 0.3) is 0 Å². The van der Waals surface area contributed by atoms with E-state index in [9.17, 15) is 13.2 Å². The molecule has 0 aliphatic carbocycles. The van der Waals surface area contributed by atoms with Gasteiger partial charge in [-0.25, -0.2) is 17.9 Å². The molecule has 1 aliphatic rings. The van der Waals surface area contributed by atoms with Crippen molar-refractivity contribution in [2.24, 2.45) is 0 Å². The van der Waals surface area contributed by atoms with E-state index in [1.165, 1.54) is 57.6 Å². The van der Waals surface area contributed by atoms with Crippen molar-refractivity contribution in [3.8, 4) is 0 Å². The van der Waals surface area contributed by atoms with Crippen LogP contribution >= 0.6 is 0 Å². The number of benzene rings is 1. The molecule has 0 unspecified atom stereocenters. The number of Topliss-reactive ketones (excluding diaryl/α,β-unsaturated/α-hetero) is 1. The third-order valence-electron chi connectivity index (χ3n) is 6.37. The molecule has 0 spiro atoms. The number of likely N-dealkylation sites (tertiary alicyclic amines) is 1. The fourth-order valence-electron chi connectivity index (χ4n) is 3.97. The molecular formula is C33H57N5O3S. The minimum atomic E-state index is -3.35. The monoisotopic (exact) mass is 603 g/mol. The zero-order valence-electron chi connectivity index (χ0n) is 28.3. The molecule has 1 saturated heterocycles. The zero-order chi connectivity index (χ0) is 32.5. The third kappa shape index (κ3) is 13.9. The van der Waals surface area contributed by atoms with Gasteiger partial charge < -0.3 is 0 Å². The molecule has 1 fully saturated rings. The Bertz CT molecular complexity index is 1280. The number of ketones is 1. The number of hydrogen-bond acceptors (Lipinski definition) is 6. The molecule has 42 heavy (non-hydrogen) atoms. The van der Waals surface area contributed by atoms with Gasteiger partial charge in [0.05, 0.1) is 23.7 Å². The normalized spacial score (nSPS) is 14.5. The summed E-state index contributed by atoms with van der Waals surface area (Å²) in [4.78, 5) is 18.3. The van der Waals surface area contributed by atoms with Gasteiger partial charge in [0, 0.05) is 23.5 Å². The quantitative estimate of drug-likeness (QED) is 0.295. The molecule has 8 nitrogen and oxygen atoms in total. The predicted octanol–water partition coefficient (Wildman–Crippen LogP) is 8.32. The average molecular weight is 604 g/mol. The van der Waals surface area contributed by atoms with Crippen LogP contribution in [0.4, 0.5) is 5.69 Å². The Morgan fingerprint density at radius 1 is 1.02 bits per heavy atom. The van der Waals surface area contributed by atoms with Crippen LogP contribution in [0.5, 0.6) is 0 Å². The number of rotatable bonds is 5. The Labute approximate surface area is 256 Å². The number of unbranched alkanes of at least 4 members (excludes halogenated alkanes) is 1. The number of sulfonamides is 1. The lowest BCUT2D eigenvalue weighted by molar-refractivity contribution is 0.101. The van der Waals surface area contributed by atoms with Crippen molar-refractivity contribution < 1.29 is 13.2 Å². The molecule has 0 amide bonds. The third-order valence-corrected chi connectivity index (χ3v) is 6.96. The first-order chi connectivity index (χ1) is 19.8. The van der Waals surface area contributed by atoms with Gasteiger partial charge in [-0.1, -0.05) is 78.9 Å². The van der Waals surface area contributed by atoms with Gasteiger partial charge in [-0.2, -0.15) is 5.10 Å². The average Bonchev–Trinajstić information content (AvgIpc) is 3.33. The maximum atomic E-state index is 11.3. The first-order valence-electron chi connectivity index (χ1n) is 15.4. The van der Waals surface area contributed by atoms with E-state index in [2.05, 4.69) is 75.5 Å². The van der Waals surface area contributed by atoms with E-state index >= 15 is 0 Å². The van der Waals surface area contributed by atoms with Crippen molar-refractivity contribution >= 4 is 27.1 Å². The summed E-state index contributed by atoms with van der Waals surface area (Å²) >= 11 is 0. The van der Waals surface area contributed by atoms with Crippen LogP contribution in [0, 0.1) is 20.8 Å². The Morgan fingerprint density at radius 2 is 1.62 bits per heavy atom. The van der Waals surface area contributed by atoms with E-state index in [0.717, 1.165) is 28.9 Å². The number of carbonyl (C=O) groups excluding carboxylic acids is 1. The molecule has 0 radical (unpaired) electrons. The highest BCUT2D eigenvalue weighted by Gasteiger charge is 2.23. The number of anilines is 1.